The second kappa shape index (κ2) is 3.83. The predicted octanol–water partition coefficient (Wildman–Crippen LogP) is 2.54. The molecule has 0 aliphatic carbocycles. The maximum atomic E-state index is 5.94. The van der Waals surface area contributed by atoms with Crippen LogP contribution in [0.2, 0.25) is 5.02 Å². The number of halogens is 1. The van der Waals surface area contributed by atoms with Crippen LogP contribution in [-0.2, 0) is 13.0 Å². The van der Waals surface area contributed by atoms with Crippen molar-refractivity contribution in [2.45, 2.75) is 19.1 Å². The summed E-state index contributed by atoms with van der Waals surface area (Å²) in [5, 5.41) is 0.769. The fourth-order valence-electron chi connectivity index (χ4n) is 2.02. The molecule has 0 spiro atoms. The maximum Gasteiger partial charge on any atom is 0.123 e. The molecule has 2 heterocycles. The van der Waals surface area contributed by atoms with Gasteiger partial charge in [-0.3, -0.25) is 0 Å². The van der Waals surface area contributed by atoms with Gasteiger partial charge in [0.15, 0.2) is 0 Å². The molecule has 1 unspecified atom stereocenters. The van der Waals surface area contributed by atoms with Gasteiger partial charge in [-0.15, -0.1) is 0 Å². The fourth-order valence-corrected chi connectivity index (χ4v) is 2.22. The lowest BCUT2D eigenvalue weighted by atomic mass is 10.1. The summed E-state index contributed by atoms with van der Waals surface area (Å²) in [6.45, 7) is 0.826. The summed E-state index contributed by atoms with van der Waals surface area (Å²) in [6.07, 6.45) is 6.62. The van der Waals surface area contributed by atoms with E-state index in [2.05, 4.69) is 4.98 Å². The zero-order valence-electron chi connectivity index (χ0n) is 8.64. The van der Waals surface area contributed by atoms with E-state index in [1.54, 1.807) is 12.5 Å². The number of ether oxygens (including phenoxy) is 1. The van der Waals surface area contributed by atoms with Crippen molar-refractivity contribution in [3.8, 4) is 5.75 Å². The molecule has 16 heavy (non-hydrogen) atoms. The number of aromatic nitrogens is 2. The predicted molar refractivity (Wildman–Crippen MR) is 61.8 cm³/mol. The zero-order valence-corrected chi connectivity index (χ0v) is 9.39. The molecule has 0 radical (unpaired) electrons. The first-order valence-corrected chi connectivity index (χ1v) is 5.60. The van der Waals surface area contributed by atoms with Crippen LogP contribution in [0.15, 0.2) is 36.9 Å². The average Bonchev–Trinajstić information content (AvgIpc) is 2.86. The van der Waals surface area contributed by atoms with Gasteiger partial charge in [0.05, 0.1) is 12.9 Å². The van der Waals surface area contributed by atoms with Crippen molar-refractivity contribution >= 4 is 11.6 Å². The Bertz CT molecular complexity index is 496. The average molecular weight is 235 g/mol. The molecule has 3 nitrogen and oxygen atoms in total. The van der Waals surface area contributed by atoms with Gasteiger partial charge < -0.3 is 9.30 Å². The van der Waals surface area contributed by atoms with Gasteiger partial charge >= 0.3 is 0 Å². The number of benzene rings is 1. The summed E-state index contributed by atoms with van der Waals surface area (Å²) in [7, 11) is 0. The highest BCUT2D eigenvalue weighted by atomic mass is 35.5. The summed E-state index contributed by atoms with van der Waals surface area (Å²) in [6, 6.07) is 5.77. The smallest absolute Gasteiger partial charge is 0.123 e. The molecular formula is C12H11ClN2O. The van der Waals surface area contributed by atoms with E-state index >= 15 is 0 Å². The van der Waals surface area contributed by atoms with Crippen LogP contribution in [0.3, 0.4) is 0 Å². The number of hydrogen-bond donors (Lipinski definition) is 0. The second-order valence-electron chi connectivity index (χ2n) is 3.96. The van der Waals surface area contributed by atoms with E-state index in [1.807, 2.05) is 29.0 Å². The molecule has 1 aliphatic rings. The highest BCUT2D eigenvalue weighted by Crippen LogP contribution is 2.31. The van der Waals surface area contributed by atoms with Crippen molar-refractivity contribution in [1.82, 2.24) is 9.55 Å². The van der Waals surface area contributed by atoms with E-state index in [4.69, 9.17) is 16.3 Å². The lowest BCUT2D eigenvalue weighted by molar-refractivity contribution is 0.209. The van der Waals surface area contributed by atoms with Gasteiger partial charge in [0, 0.05) is 23.8 Å². The van der Waals surface area contributed by atoms with E-state index in [0.717, 1.165) is 23.7 Å². The summed E-state index contributed by atoms with van der Waals surface area (Å²) in [5.41, 5.74) is 1.19. The lowest BCUT2D eigenvalue weighted by Crippen LogP contribution is -2.19. The van der Waals surface area contributed by atoms with Gasteiger partial charge in [0.2, 0.25) is 0 Å². The molecule has 1 aromatic carbocycles. The molecule has 4 heteroatoms. The lowest BCUT2D eigenvalue weighted by Gasteiger charge is -2.10. The van der Waals surface area contributed by atoms with Crippen LogP contribution in [-0.4, -0.2) is 15.7 Å². The van der Waals surface area contributed by atoms with E-state index in [9.17, 15) is 0 Å². The van der Waals surface area contributed by atoms with Gasteiger partial charge in [0.25, 0.3) is 0 Å². The van der Waals surface area contributed by atoms with Gasteiger partial charge in [-0.1, -0.05) is 11.6 Å². The third-order valence-corrected chi connectivity index (χ3v) is 2.97. The van der Waals surface area contributed by atoms with Gasteiger partial charge in [-0.25, -0.2) is 4.98 Å². The summed E-state index contributed by atoms with van der Waals surface area (Å²) in [5.74, 6) is 0.953. The molecule has 2 aromatic rings. The summed E-state index contributed by atoms with van der Waals surface area (Å²) >= 11 is 5.94. The van der Waals surface area contributed by atoms with Crippen molar-refractivity contribution < 1.29 is 4.74 Å². The molecule has 0 saturated carbocycles. The Kier molecular flexibility index (Phi) is 2.33. The monoisotopic (exact) mass is 234 g/mol. The number of fused-ring (bicyclic) bond motifs is 1. The maximum absolute atomic E-state index is 5.94. The minimum Gasteiger partial charge on any atom is -0.488 e. The van der Waals surface area contributed by atoms with E-state index in [1.165, 1.54) is 5.56 Å². The van der Waals surface area contributed by atoms with E-state index in [0.29, 0.717) is 0 Å². The second-order valence-corrected chi connectivity index (χ2v) is 4.39. The Morgan fingerprint density at radius 2 is 2.44 bits per heavy atom. The standard InChI is InChI=1S/C12H11ClN2O/c13-10-1-2-12-9(5-10)6-11(16-12)7-15-4-3-14-8-15/h1-5,8,11H,6-7H2. The first-order valence-electron chi connectivity index (χ1n) is 5.22. The number of nitrogens with zero attached hydrogens (tertiary/aromatic N) is 2. The summed E-state index contributed by atoms with van der Waals surface area (Å²) < 4.78 is 7.85. The molecule has 0 amide bonds. The molecule has 0 fully saturated rings. The quantitative estimate of drug-likeness (QED) is 0.799. The van der Waals surface area contributed by atoms with Crippen LogP contribution < -0.4 is 4.74 Å². The van der Waals surface area contributed by atoms with Crippen molar-refractivity contribution in [2.24, 2.45) is 0 Å². The molecule has 0 N–H and O–H groups in total. The Balaban J connectivity index is 1.75. The topological polar surface area (TPSA) is 27.1 Å². The number of hydrogen-bond acceptors (Lipinski definition) is 2. The normalized spacial score (nSPS) is 18.2. The van der Waals surface area contributed by atoms with Crippen LogP contribution in [0.4, 0.5) is 0 Å². The van der Waals surface area contributed by atoms with Crippen LogP contribution in [0.25, 0.3) is 0 Å². The largest absolute Gasteiger partial charge is 0.488 e. The summed E-state index contributed by atoms with van der Waals surface area (Å²) in [4.78, 5) is 4.01. The van der Waals surface area contributed by atoms with E-state index < -0.39 is 0 Å². The molecule has 3 rings (SSSR count). The van der Waals surface area contributed by atoms with Crippen LogP contribution >= 0.6 is 11.6 Å². The van der Waals surface area contributed by atoms with Gasteiger partial charge in [0.1, 0.15) is 11.9 Å². The van der Waals surface area contributed by atoms with Crippen molar-refractivity contribution in [2.75, 3.05) is 0 Å². The Labute approximate surface area is 98.6 Å². The third-order valence-electron chi connectivity index (χ3n) is 2.74. The fraction of sp³-hybridized carbons (Fsp3) is 0.250. The molecular weight excluding hydrogens is 224 g/mol. The van der Waals surface area contributed by atoms with Gasteiger partial charge in [-0.05, 0) is 23.8 Å². The molecule has 0 saturated heterocycles. The Hall–Kier alpha value is -1.48. The van der Waals surface area contributed by atoms with Crippen molar-refractivity contribution in [3.05, 3.63) is 47.5 Å². The first-order chi connectivity index (χ1) is 7.81. The van der Waals surface area contributed by atoms with Crippen molar-refractivity contribution in [3.63, 3.8) is 0 Å². The van der Waals surface area contributed by atoms with Crippen LogP contribution in [0, 0.1) is 0 Å². The molecule has 1 aromatic heterocycles. The molecule has 1 aliphatic heterocycles. The number of imidazole rings is 1. The SMILES string of the molecule is Clc1ccc2c(c1)CC(Cn1ccnc1)O2. The van der Waals surface area contributed by atoms with Crippen LogP contribution in [0.1, 0.15) is 5.56 Å². The molecule has 82 valence electrons. The van der Waals surface area contributed by atoms with Crippen LogP contribution in [0.5, 0.6) is 5.75 Å². The Morgan fingerprint density at radius 1 is 1.50 bits per heavy atom. The number of rotatable bonds is 2. The molecule has 1 atom stereocenters. The minimum atomic E-state index is 0.183. The first kappa shape index (κ1) is 9.73. The van der Waals surface area contributed by atoms with Gasteiger partial charge in [-0.2, -0.15) is 0 Å². The molecule has 0 bridgehead atoms. The van der Waals surface area contributed by atoms with Crippen molar-refractivity contribution in [1.29, 1.82) is 0 Å². The third kappa shape index (κ3) is 1.78. The zero-order chi connectivity index (χ0) is 11.0. The highest BCUT2D eigenvalue weighted by molar-refractivity contribution is 6.30. The Morgan fingerprint density at radius 3 is 3.25 bits per heavy atom. The minimum absolute atomic E-state index is 0.183. The van der Waals surface area contributed by atoms with E-state index in [-0.39, 0.29) is 6.10 Å². The highest BCUT2D eigenvalue weighted by Gasteiger charge is 2.22.